The van der Waals surface area contributed by atoms with Crippen LogP contribution < -0.4 is 15.4 Å². The molecule has 0 aliphatic carbocycles. The van der Waals surface area contributed by atoms with E-state index in [1.165, 1.54) is 0 Å². The minimum Gasteiger partial charge on any atom is -0.496 e. The van der Waals surface area contributed by atoms with Crippen molar-refractivity contribution in [3.63, 3.8) is 0 Å². The second-order valence-electron chi connectivity index (χ2n) is 3.63. The smallest absolute Gasteiger partial charge is 0.269 e. The Labute approximate surface area is 120 Å². The number of methoxy groups -OCH3 is 2. The van der Waals surface area contributed by atoms with Gasteiger partial charge >= 0.3 is 0 Å². The zero-order valence-electron chi connectivity index (χ0n) is 12.9. The van der Waals surface area contributed by atoms with Gasteiger partial charge in [-0.1, -0.05) is 13.8 Å². The van der Waals surface area contributed by atoms with E-state index < -0.39 is 0 Å². The van der Waals surface area contributed by atoms with Gasteiger partial charge in [0.2, 0.25) is 0 Å². The van der Waals surface area contributed by atoms with Crippen LogP contribution in [0.4, 0.5) is 0 Å². The summed E-state index contributed by atoms with van der Waals surface area (Å²) < 4.78 is 10.2. The number of hydrogen-bond acceptors (Lipinski definition) is 5. The van der Waals surface area contributed by atoms with E-state index in [0.29, 0.717) is 24.6 Å². The highest BCUT2D eigenvalue weighted by Crippen LogP contribution is 2.18. The van der Waals surface area contributed by atoms with E-state index in [4.69, 9.17) is 9.47 Å². The van der Waals surface area contributed by atoms with Crippen LogP contribution in [0.5, 0.6) is 5.75 Å². The monoisotopic (exact) mass is 283 g/mol. The van der Waals surface area contributed by atoms with Crippen LogP contribution in [0.15, 0.2) is 12.3 Å². The molecule has 6 heteroatoms. The molecule has 0 aliphatic rings. The van der Waals surface area contributed by atoms with Gasteiger partial charge < -0.3 is 20.1 Å². The maximum absolute atomic E-state index is 11.4. The van der Waals surface area contributed by atoms with E-state index in [9.17, 15) is 4.79 Å². The van der Waals surface area contributed by atoms with Crippen molar-refractivity contribution in [1.82, 2.24) is 15.6 Å². The van der Waals surface area contributed by atoms with E-state index in [0.717, 1.165) is 12.1 Å². The number of nitrogens with one attached hydrogen (secondary N) is 2. The molecule has 1 rings (SSSR count). The van der Waals surface area contributed by atoms with Gasteiger partial charge in [-0.15, -0.1) is 0 Å². The highest BCUT2D eigenvalue weighted by molar-refractivity contribution is 5.92. The van der Waals surface area contributed by atoms with Crippen molar-refractivity contribution in [2.24, 2.45) is 0 Å². The molecule has 114 valence electrons. The lowest BCUT2D eigenvalue weighted by Crippen LogP contribution is -2.21. The molecule has 20 heavy (non-hydrogen) atoms. The number of carbonyl (C=O) groups is 1. The molecular formula is C14H25N3O3. The van der Waals surface area contributed by atoms with Crippen molar-refractivity contribution in [1.29, 1.82) is 0 Å². The topological polar surface area (TPSA) is 72.5 Å². The first-order valence-corrected chi connectivity index (χ1v) is 6.67. The third-order valence-corrected chi connectivity index (χ3v) is 2.42. The number of nitrogens with zero attached hydrogens (tertiary/aromatic N) is 1. The Morgan fingerprint density at radius 1 is 1.35 bits per heavy atom. The second kappa shape index (κ2) is 11.2. The van der Waals surface area contributed by atoms with Crippen molar-refractivity contribution in [2.75, 3.05) is 34.4 Å². The molecule has 0 saturated heterocycles. The highest BCUT2D eigenvalue weighted by atomic mass is 16.5. The first-order chi connectivity index (χ1) is 9.72. The molecular weight excluding hydrogens is 258 g/mol. The van der Waals surface area contributed by atoms with Gasteiger partial charge in [-0.3, -0.25) is 9.78 Å². The average molecular weight is 283 g/mol. The standard InChI is InChI=1S/C12H19N3O3.C2H6/c1-13-12(16)10-6-11(18-3)9(8-15-10)7-14-4-5-17-2;1-2/h6,8,14H,4-5,7H2,1-3H3,(H,13,16);1-2H3. The quantitative estimate of drug-likeness (QED) is 0.736. The van der Waals surface area contributed by atoms with Crippen molar-refractivity contribution in [3.05, 3.63) is 23.5 Å². The molecule has 0 saturated carbocycles. The Hall–Kier alpha value is -1.66. The molecule has 6 nitrogen and oxygen atoms in total. The molecule has 1 aromatic heterocycles. The van der Waals surface area contributed by atoms with E-state index in [-0.39, 0.29) is 5.91 Å². The van der Waals surface area contributed by atoms with Crippen molar-refractivity contribution >= 4 is 5.91 Å². The molecule has 0 atom stereocenters. The molecule has 0 radical (unpaired) electrons. The van der Waals surface area contributed by atoms with Crippen molar-refractivity contribution < 1.29 is 14.3 Å². The molecule has 0 aliphatic heterocycles. The molecule has 0 spiro atoms. The summed E-state index contributed by atoms with van der Waals surface area (Å²) in [7, 11) is 4.79. The lowest BCUT2D eigenvalue weighted by Gasteiger charge is -2.10. The lowest BCUT2D eigenvalue weighted by molar-refractivity contribution is 0.0957. The lowest BCUT2D eigenvalue weighted by atomic mass is 10.2. The summed E-state index contributed by atoms with van der Waals surface area (Å²) in [5.41, 5.74) is 1.25. The maximum atomic E-state index is 11.4. The molecule has 0 bridgehead atoms. The molecule has 0 unspecified atom stereocenters. The van der Waals surface area contributed by atoms with E-state index in [2.05, 4.69) is 15.6 Å². The van der Waals surface area contributed by atoms with E-state index in [1.54, 1.807) is 33.5 Å². The second-order valence-corrected chi connectivity index (χ2v) is 3.63. The van der Waals surface area contributed by atoms with Gasteiger partial charge in [0.1, 0.15) is 11.4 Å². The maximum Gasteiger partial charge on any atom is 0.269 e. The number of pyridine rings is 1. The van der Waals surface area contributed by atoms with Crippen LogP contribution in [0, 0.1) is 0 Å². The summed E-state index contributed by atoms with van der Waals surface area (Å²) in [5.74, 6) is 0.417. The zero-order chi connectivity index (χ0) is 15.4. The largest absolute Gasteiger partial charge is 0.496 e. The zero-order valence-corrected chi connectivity index (χ0v) is 12.9. The number of ether oxygens (including phenoxy) is 2. The predicted octanol–water partition coefficient (Wildman–Crippen LogP) is 1.21. The van der Waals surface area contributed by atoms with Crippen LogP contribution in [-0.4, -0.2) is 45.3 Å². The van der Waals surface area contributed by atoms with E-state index in [1.807, 2.05) is 13.8 Å². The van der Waals surface area contributed by atoms with Gasteiger partial charge in [0.05, 0.1) is 13.7 Å². The summed E-state index contributed by atoms with van der Waals surface area (Å²) in [6, 6.07) is 1.63. The van der Waals surface area contributed by atoms with Gasteiger partial charge in [-0.2, -0.15) is 0 Å². The number of hydrogen-bond donors (Lipinski definition) is 2. The average Bonchev–Trinajstić information content (AvgIpc) is 2.52. The Bertz CT molecular complexity index is 397. The number of carbonyl (C=O) groups excluding carboxylic acids is 1. The number of rotatable bonds is 7. The Kier molecular flexibility index (Phi) is 10.3. The third kappa shape index (κ3) is 5.99. The van der Waals surface area contributed by atoms with Gasteiger partial charge in [0.15, 0.2) is 0 Å². The van der Waals surface area contributed by atoms with Crippen LogP contribution >= 0.6 is 0 Å². The fraction of sp³-hybridized carbons (Fsp3) is 0.571. The van der Waals surface area contributed by atoms with Gasteiger partial charge in [-0.05, 0) is 0 Å². The molecule has 0 fully saturated rings. The molecule has 0 aromatic carbocycles. The Morgan fingerprint density at radius 3 is 2.60 bits per heavy atom. The Morgan fingerprint density at radius 2 is 2.05 bits per heavy atom. The van der Waals surface area contributed by atoms with Crippen LogP contribution in [0.1, 0.15) is 29.9 Å². The summed E-state index contributed by atoms with van der Waals surface area (Å²) >= 11 is 0. The minimum absolute atomic E-state index is 0.229. The fourth-order valence-electron chi connectivity index (χ4n) is 1.44. The van der Waals surface area contributed by atoms with Crippen LogP contribution in [-0.2, 0) is 11.3 Å². The van der Waals surface area contributed by atoms with Gasteiger partial charge in [0.25, 0.3) is 5.91 Å². The SMILES string of the molecule is CC.CNC(=O)c1cc(OC)c(CNCCOC)cn1. The third-order valence-electron chi connectivity index (χ3n) is 2.42. The fourth-order valence-corrected chi connectivity index (χ4v) is 1.44. The first-order valence-electron chi connectivity index (χ1n) is 6.67. The van der Waals surface area contributed by atoms with Gasteiger partial charge in [0, 0.05) is 45.1 Å². The number of amides is 1. The van der Waals surface area contributed by atoms with Crippen LogP contribution in [0.2, 0.25) is 0 Å². The normalized spacial score (nSPS) is 9.45. The first kappa shape index (κ1) is 18.3. The molecule has 2 N–H and O–H groups in total. The summed E-state index contributed by atoms with van der Waals surface area (Å²) in [4.78, 5) is 15.5. The molecule has 1 amide bonds. The van der Waals surface area contributed by atoms with Crippen LogP contribution in [0.25, 0.3) is 0 Å². The minimum atomic E-state index is -0.229. The summed E-state index contributed by atoms with van der Waals surface area (Å²) in [5, 5.41) is 5.72. The highest BCUT2D eigenvalue weighted by Gasteiger charge is 2.10. The predicted molar refractivity (Wildman–Crippen MR) is 79.1 cm³/mol. The van der Waals surface area contributed by atoms with Gasteiger partial charge in [-0.25, -0.2) is 0 Å². The molecule has 1 aromatic rings. The summed E-state index contributed by atoms with van der Waals surface area (Å²) in [6.45, 7) is 6.01. The molecule has 1 heterocycles. The van der Waals surface area contributed by atoms with Crippen LogP contribution in [0.3, 0.4) is 0 Å². The Balaban J connectivity index is 0.00000172. The number of aromatic nitrogens is 1. The summed E-state index contributed by atoms with van der Waals surface area (Å²) in [6.07, 6.45) is 1.64. The van der Waals surface area contributed by atoms with E-state index >= 15 is 0 Å². The van der Waals surface area contributed by atoms with Crippen molar-refractivity contribution in [3.8, 4) is 5.75 Å². The van der Waals surface area contributed by atoms with Crippen molar-refractivity contribution in [2.45, 2.75) is 20.4 Å².